The fourth-order valence-corrected chi connectivity index (χ4v) is 14.8. The number of aryl methyl sites for hydroxylation is 2. The van der Waals surface area contributed by atoms with Crippen LogP contribution in [0, 0.1) is 5.92 Å². The molecule has 104 heavy (non-hydrogen) atoms. The third kappa shape index (κ3) is 18.1. The molecule has 8 atom stereocenters. The van der Waals surface area contributed by atoms with Crippen molar-refractivity contribution in [3.63, 3.8) is 0 Å². The molecule has 7 fully saturated rings. The minimum absolute atomic E-state index is 0.0239. The number of ether oxygens (including phenoxy) is 12. The van der Waals surface area contributed by atoms with Gasteiger partial charge in [0.25, 0.3) is 0 Å². The standard InChI is InChI=1S/C92H108O12/c1-11-59(2)12-13-60-14-17-72(89(3,4)68-19-28-76(29-20-68)93-49-82-53-99-82)41-62(60)38-64-43-74(91(7,8)70-23-32-78(33-24-70)95-51-84-55-101-84)44-65(87(64)37-36-81-48-98-81)40-67-46-75(92(9,10)71-25-34-79(35-26-71)96-52-85-56-102-85)45-66(88(67)104-58-86-57-103-86)39-63-42-73(18-15-61(63)16-27-80-47-97-80)90(5,6)69-21-30-77(31-22-69)94-50-83-54-100-83/h14-15,17-26,28-35,41-46,59,80-86H,11-13,16,27,36-40,47-58H2,1-10H3. The highest BCUT2D eigenvalue weighted by Gasteiger charge is 2.35. The number of benzene rings is 8. The predicted octanol–water partition coefficient (Wildman–Crippen LogP) is 17.3. The van der Waals surface area contributed by atoms with Gasteiger partial charge in [0.15, 0.2) is 0 Å². The van der Waals surface area contributed by atoms with Gasteiger partial charge >= 0.3 is 0 Å². The van der Waals surface area contributed by atoms with Crippen LogP contribution < -0.4 is 23.7 Å². The lowest BCUT2D eigenvalue weighted by molar-refractivity contribution is 0.259. The second-order valence-corrected chi connectivity index (χ2v) is 32.9. The maximum absolute atomic E-state index is 7.47. The lowest BCUT2D eigenvalue weighted by atomic mass is 9.73. The monoisotopic (exact) mass is 1400 g/mol. The topological polar surface area (TPSA) is 134 Å². The van der Waals surface area contributed by atoms with E-state index in [0.29, 0.717) is 58.4 Å². The molecule has 7 aliphatic heterocycles. The summed E-state index contributed by atoms with van der Waals surface area (Å²) >= 11 is 0. The molecule has 12 nitrogen and oxygen atoms in total. The van der Waals surface area contributed by atoms with Gasteiger partial charge < -0.3 is 56.8 Å². The van der Waals surface area contributed by atoms with E-state index in [4.69, 9.17) is 56.8 Å². The fraction of sp³-hybridized carbons (Fsp3) is 0.478. The number of epoxide rings is 7. The van der Waals surface area contributed by atoms with E-state index in [2.05, 4.69) is 227 Å². The first kappa shape index (κ1) is 72.1. The van der Waals surface area contributed by atoms with Crippen LogP contribution in [0.3, 0.4) is 0 Å². The minimum Gasteiger partial charge on any atom is -0.491 e. The molecule has 8 unspecified atom stereocenters. The average Bonchev–Trinajstić information content (AvgIpc) is 1.29. The van der Waals surface area contributed by atoms with E-state index in [9.17, 15) is 0 Å². The van der Waals surface area contributed by atoms with Gasteiger partial charge in [0.2, 0.25) is 0 Å². The molecule has 0 spiro atoms. The summed E-state index contributed by atoms with van der Waals surface area (Å²) in [6, 6.07) is 59.8. The van der Waals surface area contributed by atoms with Gasteiger partial charge in [-0.3, -0.25) is 0 Å². The van der Waals surface area contributed by atoms with Gasteiger partial charge in [-0.15, -0.1) is 0 Å². The molecule has 8 aromatic carbocycles. The molecule has 0 aromatic heterocycles. The highest BCUT2D eigenvalue weighted by Crippen LogP contribution is 2.45. The summed E-state index contributed by atoms with van der Waals surface area (Å²) in [5.74, 6) is 4.96. The summed E-state index contributed by atoms with van der Waals surface area (Å²) in [6.45, 7) is 31.8. The van der Waals surface area contributed by atoms with Crippen LogP contribution >= 0.6 is 0 Å². The van der Waals surface area contributed by atoms with E-state index in [-0.39, 0.29) is 53.6 Å². The van der Waals surface area contributed by atoms with E-state index in [1.54, 1.807) is 0 Å². The zero-order valence-corrected chi connectivity index (χ0v) is 63.1. The first-order chi connectivity index (χ1) is 50.3. The lowest BCUT2D eigenvalue weighted by Crippen LogP contribution is -2.22. The zero-order valence-electron chi connectivity index (χ0n) is 63.1. The van der Waals surface area contributed by atoms with Gasteiger partial charge in [0.1, 0.15) is 92.3 Å². The molecule has 548 valence electrons. The van der Waals surface area contributed by atoms with E-state index >= 15 is 0 Å². The Morgan fingerprint density at radius 2 is 0.587 bits per heavy atom. The SMILES string of the molecule is CCC(C)CCc1ccc(C(C)(C)c2ccc(OCC3CO3)cc2)cc1Cc1cc(C(C)(C)c2ccc(OCC3CO3)cc2)cc(Cc2cc(C(C)(C)c3ccc(OCC4CO4)cc3)cc(Cc3cc(C(C)(C)c4ccc(OCC5CO5)cc4)ccc3CCC3CO3)c2OCC2CO2)c1CCC1CO1. The van der Waals surface area contributed by atoms with Crippen LogP contribution in [-0.2, 0) is 93.3 Å². The summed E-state index contributed by atoms with van der Waals surface area (Å²) in [7, 11) is 0. The quantitative estimate of drug-likeness (QED) is 0.0340. The van der Waals surface area contributed by atoms with E-state index < -0.39 is 10.8 Å². The Balaban J connectivity index is 0.879. The Kier molecular flexibility index (Phi) is 21.3. The van der Waals surface area contributed by atoms with Crippen LogP contribution in [0.5, 0.6) is 28.7 Å². The van der Waals surface area contributed by atoms with E-state index in [1.165, 1.54) is 83.5 Å². The normalized spacial score (nSPS) is 21.1. The van der Waals surface area contributed by atoms with Crippen molar-refractivity contribution >= 4 is 0 Å². The van der Waals surface area contributed by atoms with Gasteiger partial charge in [0, 0.05) is 34.5 Å². The van der Waals surface area contributed by atoms with Crippen molar-refractivity contribution in [2.75, 3.05) is 79.3 Å². The first-order valence-electron chi connectivity index (χ1n) is 38.7. The van der Waals surface area contributed by atoms with E-state index in [0.717, 1.165) is 131 Å². The molecule has 7 saturated heterocycles. The maximum atomic E-state index is 7.47. The average molecular weight is 1410 g/mol. The molecule has 0 saturated carbocycles. The van der Waals surface area contributed by atoms with Crippen LogP contribution in [0.2, 0.25) is 0 Å². The summed E-state index contributed by atoms with van der Waals surface area (Å²) < 4.78 is 72.4. The molecule has 7 aliphatic rings. The van der Waals surface area contributed by atoms with Crippen molar-refractivity contribution in [1.29, 1.82) is 0 Å². The first-order valence-corrected chi connectivity index (χ1v) is 38.7. The van der Waals surface area contributed by atoms with Crippen LogP contribution in [0.25, 0.3) is 0 Å². The Labute approximate surface area is 617 Å². The third-order valence-corrected chi connectivity index (χ3v) is 23.5. The summed E-state index contributed by atoms with van der Waals surface area (Å²) in [6.07, 6.45) is 10.3. The molecule has 0 aliphatic carbocycles. The summed E-state index contributed by atoms with van der Waals surface area (Å²) in [4.78, 5) is 0. The van der Waals surface area contributed by atoms with Crippen molar-refractivity contribution in [3.8, 4) is 28.7 Å². The van der Waals surface area contributed by atoms with Gasteiger partial charge in [0.05, 0.1) is 58.5 Å². The Morgan fingerprint density at radius 1 is 0.308 bits per heavy atom. The molecule has 12 heteroatoms. The number of hydrogen-bond acceptors (Lipinski definition) is 12. The lowest BCUT2D eigenvalue weighted by Gasteiger charge is -2.31. The number of rotatable bonds is 39. The fourth-order valence-electron chi connectivity index (χ4n) is 14.8. The Hall–Kier alpha value is -7.52. The van der Waals surface area contributed by atoms with Gasteiger partial charge in [-0.05, 0) is 194 Å². The van der Waals surface area contributed by atoms with Crippen LogP contribution in [0.4, 0.5) is 0 Å². The molecule has 0 bridgehead atoms. The van der Waals surface area contributed by atoms with Crippen molar-refractivity contribution in [2.24, 2.45) is 5.92 Å². The van der Waals surface area contributed by atoms with Crippen molar-refractivity contribution in [1.82, 2.24) is 0 Å². The third-order valence-electron chi connectivity index (χ3n) is 23.5. The van der Waals surface area contributed by atoms with Crippen molar-refractivity contribution in [2.45, 2.75) is 198 Å². The zero-order chi connectivity index (χ0) is 71.7. The van der Waals surface area contributed by atoms with Crippen molar-refractivity contribution in [3.05, 3.63) is 252 Å². The van der Waals surface area contributed by atoms with Gasteiger partial charge in [-0.2, -0.15) is 0 Å². The molecule has 0 N–H and O–H groups in total. The van der Waals surface area contributed by atoms with Crippen LogP contribution in [-0.4, -0.2) is 122 Å². The van der Waals surface area contributed by atoms with Gasteiger partial charge in [-0.25, -0.2) is 0 Å². The van der Waals surface area contributed by atoms with Crippen LogP contribution in [0.15, 0.2) is 158 Å². The van der Waals surface area contributed by atoms with Crippen molar-refractivity contribution < 1.29 is 56.8 Å². The Morgan fingerprint density at radius 3 is 0.933 bits per heavy atom. The highest BCUT2D eigenvalue weighted by molar-refractivity contribution is 5.58. The number of hydrogen-bond donors (Lipinski definition) is 0. The molecular weight excluding hydrogens is 1300 g/mol. The second kappa shape index (κ2) is 30.8. The van der Waals surface area contributed by atoms with Crippen LogP contribution in [0.1, 0.15) is 189 Å². The van der Waals surface area contributed by atoms with E-state index in [1.807, 2.05) is 0 Å². The Bertz CT molecular complexity index is 4240. The molecule has 0 radical (unpaired) electrons. The summed E-state index contributed by atoms with van der Waals surface area (Å²) in [5, 5.41) is 0. The largest absolute Gasteiger partial charge is 0.491 e. The maximum Gasteiger partial charge on any atom is 0.126 e. The molecule has 8 aromatic rings. The molecular formula is C92H108O12. The predicted molar refractivity (Wildman–Crippen MR) is 409 cm³/mol. The summed E-state index contributed by atoms with van der Waals surface area (Å²) in [5.41, 5.74) is 20.2. The highest BCUT2D eigenvalue weighted by atomic mass is 16.6. The second-order valence-electron chi connectivity index (χ2n) is 32.9. The molecule has 0 amide bonds. The minimum atomic E-state index is -0.453. The smallest absolute Gasteiger partial charge is 0.126 e. The molecule has 15 rings (SSSR count). The van der Waals surface area contributed by atoms with Gasteiger partial charge in [-0.1, -0.05) is 185 Å². The molecule has 7 heterocycles.